The SMILES string of the molecule is COc1ccc(C(=O)N2CCc3c(c(-c4nc(-c5ccccc5F)no4)nn3C)C2)c(C)c1. The smallest absolute Gasteiger partial charge is 0.279 e. The van der Waals surface area contributed by atoms with E-state index in [1.807, 2.05) is 20.0 Å². The Morgan fingerprint density at radius 3 is 2.79 bits per heavy atom. The summed E-state index contributed by atoms with van der Waals surface area (Å²) in [5.41, 5.74) is 4.10. The van der Waals surface area contributed by atoms with Gasteiger partial charge < -0.3 is 14.2 Å². The Morgan fingerprint density at radius 2 is 2.03 bits per heavy atom. The molecule has 0 N–H and O–H groups in total. The Balaban J connectivity index is 1.46. The second-order valence-corrected chi connectivity index (χ2v) is 7.96. The van der Waals surface area contributed by atoms with E-state index in [2.05, 4.69) is 15.2 Å². The molecular formula is C24H22FN5O3. The molecule has 8 nitrogen and oxygen atoms in total. The minimum Gasteiger partial charge on any atom is -0.497 e. The van der Waals surface area contributed by atoms with E-state index in [-0.39, 0.29) is 23.2 Å². The fourth-order valence-corrected chi connectivity index (χ4v) is 4.18. The number of hydrogen-bond donors (Lipinski definition) is 0. The maximum atomic E-state index is 14.2. The number of halogens is 1. The molecule has 5 rings (SSSR count). The van der Waals surface area contributed by atoms with Gasteiger partial charge in [0.15, 0.2) is 5.69 Å². The van der Waals surface area contributed by atoms with Crippen LogP contribution in [0.5, 0.6) is 5.75 Å². The lowest BCUT2D eigenvalue weighted by atomic mass is 10.0. The number of methoxy groups -OCH3 is 1. The first-order valence-corrected chi connectivity index (χ1v) is 10.5. The Morgan fingerprint density at radius 1 is 1.21 bits per heavy atom. The molecule has 0 atom stereocenters. The van der Waals surface area contributed by atoms with Gasteiger partial charge in [0.05, 0.1) is 19.2 Å². The van der Waals surface area contributed by atoms with Crippen molar-refractivity contribution in [3.05, 3.63) is 70.7 Å². The van der Waals surface area contributed by atoms with Crippen molar-refractivity contribution in [2.24, 2.45) is 7.05 Å². The Bertz CT molecular complexity index is 1360. The number of amides is 1. The predicted molar refractivity (Wildman–Crippen MR) is 118 cm³/mol. The summed E-state index contributed by atoms with van der Waals surface area (Å²) in [6.07, 6.45) is 0.647. The lowest BCUT2D eigenvalue weighted by Crippen LogP contribution is -2.36. The third-order valence-electron chi connectivity index (χ3n) is 5.94. The van der Waals surface area contributed by atoms with E-state index in [1.54, 1.807) is 47.0 Å². The number of carbonyl (C=O) groups excluding carboxylic acids is 1. The third-order valence-corrected chi connectivity index (χ3v) is 5.94. The Labute approximate surface area is 189 Å². The first-order chi connectivity index (χ1) is 16.0. The number of aryl methyl sites for hydroxylation is 2. The molecule has 0 bridgehead atoms. The lowest BCUT2D eigenvalue weighted by molar-refractivity contribution is 0.0733. The zero-order valence-corrected chi connectivity index (χ0v) is 18.5. The van der Waals surface area contributed by atoms with E-state index in [4.69, 9.17) is 9.26 Å². The van der Waals surface area contributed by atoms with E-state index >= 15 is 0 Å². The first-order valence-electron chi connectivity index (χ1n) is 10.5. The second-order valence-electron chi connectivity index (χ2n) is 7.96. The fourth-order valence-electron chi connectivity index (χ4n) is 4.18. The quantitative estimate of drug-likeness (QED) is 0.473. The number of aromatic nitrogens is 4. The zero-order chi connectivity index (χ0) is 23.1. The molecule has 0 aliphatic carbocycles. The van der Waals surface area contributed by atoms with Crippen LogP contribution in [0.15, 0.2) is 47.0 Å². The molecule has 168 valence electrons. The van der Waals surface area contributed by atoms with Gasteiger partial charge in [-0.25, -0.2) is 4.39 Å². The lowest BCUT2D eigenvalue weighted by Gasteiger charge is -2.28. The van der Waals surface area contributed by atoms with Crippen LogP contribution in [0.2, 0.25) is 0 Å². The number of ether oxygens (including phenoxy) is 1. The number of carbonyl (C=O) groups is 1. The summed E-state index contributed by atoms with van der Waals surface area (Å²) in [7, 11) is 3.45. The van der Waals surface area contributed by atoms with Crippen molar-refractivity contribution in [1.82, 2.24) is 24.8 Å². The number of nitrogens with zero attached hydrogens (tertiary/aromatic N) is 5. The van der Waals surface area contributed by atoms with Crippen LogP contribution >= 0.6 is 0 Å². The van der Waals surface area contributed by atoms with Crippen LogP contribution in [-0.4, -0.2) is 44.4 Å². The molecule has 4 aromatic rings. The van der Waals surface area contributed by atoms with Crippen LogP contribution < -0.4 is 4.74 Å². The molecule has 3 heterocycles. The molecular weight excluding hydrogens is 425 g/mol. The summed E-state index contributed by atoms with van der Waals surface area (Å²) in [4.78, 5) is 19.4. The molecule has 2 aromatic carbocycles. The average Bonchev–Trinajstić information content (AvgIpc) is 3.43. The van der Waals surface area contributed by atoms with Gasteiger partial charge in [0.25, 0.3) is 11.8 Å². The van der Waals surface area contributed by atoms with Gasteiger partial charge in [0.2, 0.25) is 5.82 Å². The van der Waals surface area contributed by atoms with Gasteiger partial charge in [-0.1, -0.05) is 17.3 Å². The number of benzene rings is 2. The molecule has 0 radical (unpaired) electrons. The highest BCUT2D eigenvalue weighted by molar-refractivity contribution is 5.96. The van der Waals surface area contributed by atoms with Gasteiger partial charge in [-0.05, 0) is 42.8 Å². The summed E-state index contributed by atoms with van der Waals surface area (Å²) in [6, 6.07) is 11.7. The van der Waals surface area contributed by atoms with Gasteiger partial charge in [-0.3, -0.25) is 9.48 Å². The highest BCUT2D eigenvalue weighted by Gasteiger charge is 2.30. The van der Waals surface area contributed by atoms with Gasteiger partial charge >= 0.3 is 0 Å². The molecule has 2 aromatic heterocycles. The molecule has 0 fully saturated rings. The van der Waals surface area contributed by atoms with Crippen LogP contribution in [0.4, 0.5) is 4.39 Å². The second kappa shape index (κ2) is 8.16. The van der Waals surface area contributed by atoms with E-state index in [1.165, 1.54) is 6.07 Å². The van der Waals surface area contributed by atoms with Crippen molar-refractivity contribution >= 4 is 5.91 Å². The van der Waals surface area contributed by atoms with Gasteiger partial charge in [-0.2, -0.15) is 10.1 Å². The van der Waals surface area contributed by atoms with Crippen LogP contribution in [0, 0.1) is 12.7 Å². The predicted octanol–water partition coefficient (Wildman–Crippen LogP) is 3.79. The van der Waals surface area contributed by atoms with E-state index < -0.39 is 5.82 Å². The largest absolute Gasteiger partial charge is 0.497 e. The number of rotatable bonds is 4. The van der Waals surface area contributed by atoms with Crippen LogP contribution in [0.3, 0.4) is 0 Å². The molecule has 33 heavy (non-hydrogen) atoms. The topological polar surface area (TPSA) is 86.3 Å². The molecule has 1 aliphatic rings. The third kappa shape index (κ3) is 3.65. The fraction of sp³-hybridized carbons (Fsp3) is 0.250. The summed E-state index contributed by atoms with van der Waals surface area (Å²) in [6.45, 7) is 2.82. The van der Waals surface area contributed by atoms with Gasteiger partial charge in [0.1, 0.15) is 11.6 Å². The summed E-state index contributed by atoms with van der Waals surface area (Å²) >= 11 is 0. The van der Waals surface area contributed by atoms with Crippen molar-refractivity contribution in [2.45, 2.75) is 19.9 Å². The summed E-state index contributed by atoms with van der Waals surface area (Å²) in [5.74, 6) is 0.564. The van der Waals surface area contributed by atoms with Crippen molar-refractivity contribution in [2.75, 3.05) is 13.7 Å². The molecule has 0 saturated carbocycles. The summed E-state index contributed by atoms with van der Waals surface area (Å²) < 4.78 is 26.6. The van der Waals surface area contributed by atoms with Gasteiger partial charge in [0, 0.05) is 36.8 Å². The van der Waals surface area contributed by atoms with Crippen molar-refractivity contribution in [3.8, 4) is 28.7 Å². The van der Waals surface area contributed by atoms with Crippen LogP contribution in [0.25, 0.3) is 23.0 Å². The van der Waals surface area contributed by atoms with E-state index in [9.17, 15) is 9.18 Å². The van der Waals surface area contributed by atoms with Crippen molar-refractivity contribution < 1.29 is 18.4 Å². The first kappa shape index (κ1) is 20.9. The minimum atomic E-state index is -0.431. The molecule has 1 amide bonds. The maximum Gasteiger partial charge on any atom is 0.279 e. The normalized spacial score (nSPS) is 13.2. The highest BCUT2D eigenvalue weighted by atomic mass is 19.1. The van der Waals surface area contributed by atoms with E-state index in [0.29, 0.717) is 36.5 Å². The molecule has 1 aliphatic heterocycles. The molecule has 9 heteroatoms. The molecule has 0 saturated heterocycles. The monoisotopic (exact) mass is 447 g/mol. The van der Waals surface area contributed by atoms with E-state index in [0.717, 1.165) is 16.8 Å². The van der Waals surface area contributed by atoms with Gasteiger partial charge in [-0.15, -0.1) is 0 Å². The standard InChI is InChI=1S/C24H22FN5O3/c1-14-12-15(32-3)8-9-16(14)24(31)30-11-10-20-18(13-30)21(27-29(20)2)23-26-22(28-33-23)17-6-4-5-7-19(17)25/h4-9,12H,10-11,13H2,1-3H3. The maximum absolute atomic E-state index is 14.2. The Hall–Kier alpha value is -4.01. The van der Waals surface area contributed by atoms with Crippen molar-refractivity contribution in [3.63, 3.8) is 0 Å². The van der Waals surface area contributed by atoms with Crippen LogP contribution in [0.1, 0.15) is 27.2 Å². The zero-order valence-electron chi connectivity index (χ0n) is 18.5. The molecule has 0 unspecified atom stereocenters. The van der Waals surface area contributed by atoms with Crippen LogP contribution in [-0.2, 0) is 20.0 Å². The number of hydrogen-bond acceptors (Lipinski definition) is 6. The molecule has 0 spiro atoms. The highest BCUT2D eigenvalue weighted by Crippen LogP contribution is 2.31. The minimum absolute atomic E-state index is 0.0619. The summed E-state index contributed by atoms with van der Waals surface area (Å²) in [5, 5.41) is 8.51. The van der Waals surface area contributed by atoms with Crippen molar-refractivity contribution in [1.29, 1.82) is 0 Å². The Kier molecular flexibility index (Phi) is 5.16. The number of fused-ring (bicyclic) bond motifs is 1. The average molecular weight is 447 g/mol.